The van der Waals surface area contributed by atoms with Crippen molar-refractivity contribution in [3.8, 4) is 0 Å². The van der Waals surface area contributed by atoms with Gasteiger partial charge in [0.15, 0.2) is 0 Å². The first kappa shape index (κ1) is 15.1. The molecule has 0 saturated carbocycles. The lowest BCUT2D eigenvalue weighted by molar-refractivity contribution is -0.138. The largest absolute Gasteiger partial charge is 0.480 e. The molecule has 0 amide bonds. The summed E-state index contributed by atoms with van der Waals surface area (Å²) >= 11 is 0. The summed E-state index contributed by atoms with van der Waals surface area (Å²) in [7, 11) is 0. The van der Waals surface area contributed by atoms with Gasteiger partial charge < -0.3 is 16.2 Å². The summed E-state index contributed by atoms with van der Waals surface area (Å²) in [6, 6.07) is -0.707. The molecular formula is C12H24N2O2. The molecule has 0 radical (unpaired) electrons. The van der Waals surface area contributed by atoms with Crippen LogP contribution in [0.5, 0.6) is 0 Å². The van der Waals surface area contributed by atoms with E-state index in [0.29, 0.717) is 6.42 Å². The van der Waals surface area contributed by atoms with Crippen LogP contribution in [0.3, 0.4) is 0 Å². The molecule has 0 saturated heterocycles. The van der Waals surface area contributed by atoms with Gasteiger partial charge >= 0.3 is 5.97 Å². The van der Waals surface area contributed by atoms with E-state index in [1.807, 2.05) is 0 Å². The van der Waals surface area contributed by atoms with E-state index in [2.05, 4.69) is 25.2 Å². The van der Waals surface area contributed by atoms with Crippen molar-refractivity contribution in [2.24, 2.45) is 5.73 Å². The molecule has 0 bridgehead atoms. The highest BCUT2D eigenvalue weighted by atomic mass is 16.4. The maximum atomic E-state index is 10.4. The number of nitrogens with one attached hydrogen (secondary N) is 1. The van der Waals surface area contributed by atoms with Crippen LogP contribution < -0.4 is 11.1 Å². The molecule has 0 aromatic carbocycles. The molecule has 0 aromatic heterocycles. The molecule has 0 aromatic rings. The van der Waals surface area contributed by atoms with Crippen LogP contribution in [0.4, 0.5) is 0 Å². The Hall–Kier alpha value is -0.870. The lowest BCUT2D eigenvalue weighted by atomic mass is 10.1. The molecule has 4 nitrogen and oxygen atoms in total. The number of unbranched alkanes of at least 4 members (excludes halogenated alkanes) is 1. The third kappa shape index (κ3) is 8.44. The van der Waals surface area contributed by atoms with Crippen LogP contribution in [0.2, 0.25) is 0 Å². The summed E-state index contributed by atoms with van der Waals surface area (Å²) in [5, 5.41) is 11.9. The lowest BCUT2D eigenvalue weighted by Gasteiger charge is -2.07. The van der Waals surface area contributed by atoms with Crippen molar-refractivity contribution in [3.63, 3.8) is 0 Å². The Morgan fingerprint density at radius 3 is 2.75 bits per heavy atom. The first-order valence-corrected chi connectivity index (χ1v) is 5.92. The Balaban J connectivity index is 3.34. The minimum absolute atomic E-state index is 0.556. The number of hydrogen-bond acceptors (Lipinski definition) is 3. The van der Waals surface area contributed by atoms with Crippen molar-refractivity contribution in [1.82, 2.24) is 5.32 Å². The van der Waals surface area contributed by atoms with Crippen molar-refractivity contribution in [2.75, 3.05) is 13.1 Å². The normalized spacial score (nSPS) is 13.8. The SMILES string of the molecule is CC/C=C(\C)CNCCCCC(N)C(=O)O. The van der Waals surface area contributed by atoms with Crippen LogP contribution in [-0.2, 0) is 4.79 Å². The predicted octanol–water partition coefficient (Wildman–Crippen LogP) is 1.51. The average Bonchev–Trinajstić information content (AvgIpc) is 2.23. The molecular weight excluding hydrogens is 204 g/mol. The highest BCUT2D eigenvalue weighted by Crippen LogP contribution is 1.99. The molecule has 1 unspecified atom stereocenters. The van der Waals surface area contributed by atoms with Gasteiger partial charge in [-0.05, 0) is 32.7 Å². The van der Waals surface area contributed by atoms with Gasteiger partial charge in [-0.2, -0.15) is 0 Å². The third-order valence-electron chi connectivity index (χ3n) is 2.39. The molecule has 0 heterocycles. The number of carboxylic acids is 1. The lowest BCUT2D eigenvalue weighted by Crippen LogP contribution is -2.30. The van der Waals surface area contributed by atoms with E-state index in [-0.39, 0.29) is 0 Å². The smallest absolute Gasteiger partial charge is 0.320 e. The van der Waals surface area contributed by atoms with E-state index in [1.54, 1.807) is 0 Å². The number of carbonyl (C=O) groups is 1. The fraction of sp³-hybridized carbons (Fsp3) is 0.750. The standard InChI is InChI=1S/C12H24N2O2/c1-3-6-10(2)9-14-8-5-4-7-11(13)12(15)16/h6,11,14H,3-5,7-9,13H2,1-2H3,(H,15,16)/b10-6+. The van der Waals surface area contributed by atoms with Gasteiger partial charge in [-0.1, -0.05) is 25.0 Å². The topological polar surface area (TPSA) is 75.3 Å². The van der Waals surface area contributed by atoms with Crippen molar-refractivity contribution in [2.45, 2.75) is 45.6 Å². The fourth-order valence-corrected chi connectivity index (χ4v) is 1.44. The Kier molecular flexibility index (Phi) is 8.85. The summed E-state index contributed by atoms with van der Waals surface area (Å²) in [6.07, 6.45) is 5.66. The minimum atomic E-state index is -0.908. The molecule has 0 fully saturated rings. The van der Waals surface area contributed by atoms with Gasteiger partial charge in [0.25, 0.3) is 0 Å². The zero-order chi connectivity index (χ0) is 12.4. The van der Waals surface area contributed by atoms with Crippen LogP contribution >= 0.6 is 0 Å². The molecule has 94 valence electrons. The van der Waals surface area contributed by atoms with Gasteiger partial charge in [0, 0.05) is 6.54 Å². The number of hydrogen-bond donors (Lipinski definition) is 3. The minimum Gasteiger partial charge on any atom is -0.480 e. The molecule has 0 aliphatic carbocycles. The Labute approximate surface area is 97.9 Å². The first-order valence-electron chi connectivity index (χ1n) is 5.92. The highest BCUT2D eigenvalue weighted by Gasteiger charge is 2.09. The molecule has 0 spiro atoms. The second-order valence-electron chi connectivity index (χ2n) is 4.08. The fourth-order valence-electron chi connectivity index (χ4n) is 1.44. The van der Waals surface area contributed by atoms with Crippen molar-refractivity contribution < 1.29 is 9.90 Å². The highest BCUT2D eigenvalue weighted by molar-refractivity contribution is 5.72. The van der Waals surface area contributed by atoms with Crippen LogP contribution in [0, 0.1) is 0 Å². The van der Waals surface area contributed by atoms with Crippen LogP contribution in [0.1, 0.15) is 39.5 Å². The van der Waals surface area contributed by atoms with Gasteiger partial charge in [-0.15, -0.1) is 0 Å². The average molecular weight is 228 g/mol. The van der Waals surface area contributed by atoms with Gasteiger partial charge in [-0.25, -0.2) is 0 Å². The van der Waals surface area contributed by atoms with Crippen molar-refractivity contribution in [1.29, 1.82) is 0 Å². The Morgan fingerprint density at radius 1 is 1.50 bits per heavy atom. The second-order valence-corrected chi connectivity index (χ2v) is 4.08. The van der Waals surface area contributed by atoms with Gasteiger partial charge in [0.2, 0.25) is 0 Å². The summed E-state index contributed by atoms with van der Waals surface area (Å²) in [5.74, 6) is -0.908. The summed E-state index contributed by atoms with van der Waals surface area (Å²) in [5.41, 5.74) is 6.74. The van der Waals surface area contributed by atoms with E-state index >= 15 is 0 Å². The quantitative estimate of drug-likeness (QED) is 0.413. The molecule has 1 atom stereocenters. The van der Waals surface area contributed by atoms with Gasteiger partial charge in [0.05, 0.1) is 0 Å². The van der Waals surface area contributed by atoms with E-state index < -0.39 is 12.0 Å². The summed E-state index contributed by atoms with van der Waals surface area (Å²) in [4.78, 5) is 10.4. The summed E-state index contributed by atoms with van der Waals surface area (Å²) < 4.78 is 0. The van der Waals surface area contributed by atoms with Gasteiger partial charge in [0.1, 0.15) is 6.04 Å². The van der Waals surface area contributed by atoms with E-state index in [9.17, 15) is 4.79 Å². The maximum absolute atomic E-state index is 10.4. The van der Waals surface area contributed by atoms with Crippen molar-refractivity contribution >= 4 is 5.97 Å². The van der Waals surface area contributed by atoms with E-state index in [4.69, 9.17) is 10.8 Å². The van der Waals surface area contributed by atoms with Gasteiger partial charge in [-0.3, -0.25) is 4.79 Å². The molecule has 4 heteroatoms. The van der Waals surface area contributed by atoms with Crippen LogP contribution in [0.15, 0.2) is 11.6 Å². The third-order valence-corrected chi connectivity index (χ3v) is 2.39. The second kappa shape index (κ2) is 9.36. The number of carboxylic acid groups (broad SMARTS) is 1. The number of rotatable bonds is 9. The Bertz CT molecular complexity index is 227. The number of nitrogens with two attached hydrogens (primary N) is 1. The predicted molar refractivity (Wildman–Crippen MR) is 66.4 cm³/mol. The molecule has 16 heavy (non-hydrogen) atoms. The van der Waals surface area contributed by atoms with E-state index in [1.165, 1.54) is 5.57 Å². The monoisotopic (exact) mass is 228 g/mol. The Morgan fingerprint density at radius 2 is 2.19 bits per heavy atom. The van der Waals surface area contributed by atoms with Crippen LogP contribution in [-0.4, -0.2) is 30.2 Å². The first-order chi connectivity index (χ1) is 7.57. The van der Waals surface area contributed by atoms with Crippen LogP contribution in [0.25, 0.3) is 0 Å². The zero-order valence-electron chi connectivity index (χ0n) is 10.3. The molecule has 0 rings (SSSR count). The van der Waals surface area contributed by atoms with E-state index in [0.717, 1.165) is 32.4 Å². The molecule has 0 aliphatic rings. The molecule has 4 N–H and O–H groups in total. The zero-order valence-corrected chi connectivity index (χ0v) is 10.3. The summed E-state index contributed by atoms with van der Waals surface area (Å²) in [6.45, 7) is 6.06. The number of allylic oxidation sites excluding steroid dienone is 1. The van der Waals surface area contributed by atoms with Crippen molar-refractivity contribution in [3.05, 3.63) is 11.6 Å². The molecule has 0 aliphatic heterocycles. The number of aliphatic carboxylic acids is 1. The maximum Gasteiger partial charge on any atom is 0.320 e.